The van der Waals surface area contributed by atoms with Crippen LogP contribution in [-0.4, -0.2) is 41.5 Å². The van der Waals surface area contributed by atoms with E-state index in [4.69, 9.17) is 4.74 Å². The van der Waals surface area contributed by atoms with Gasteiger partial charge < -0.3 is 15.0 Å². The molecule has 1 aromatic heterocycles. The fraction of sp³-hybridized carbons (Fsp3) is 0.438. The van der Waals surface area contributed by atoms with E-state index in [0.29, 0.717) is 30.9 Å². The number of benzene rings is 1. The fourth-order valence-corrected chi connectivity index (χ4v) is 2.50. The van der Waals surface area contributed by atoms with Gasteiger partial charge in [0.15, 0.2) is 5.82 Å². The topological polar surface area (TPSA) is 63.2 Å². The summed E-state index contributed by atoms with van der Waals surface area (Å²) < 4.78 is 5.36. The molecule has 116 valence electrons. The van der Waals surface area contributed by atoms with Crippen LogP contribution in [0.1, 0.15) is 25.3 Å². The number of morpholine rings is 1. The van der Waals surface area contributed by atoms with Crippen LogP contribution in [0, 0.1) is 0 Å². The first kappa shape index (κ1) is 14.7. The maximum absolute atomic E-state index is 5.36. The van der Waals surface area contributed by atoms with E-state index < -0.39 is 0 Å². The summed E-state index contributed by atoms with van der Waals surface area (Å²) in [6.07, 6.45) is 1.65. The molecule has 22 heavy (non-hydrogen) atoms. The van der Waals surface area contributed by atoms with Gasteiger partial charge in [0.25, 0.3) is 0 Å². The van der Waals surface area contributed by atoms with Crippen molar-refractivity contribution < 1.29 is 4.74 Å². The van der Waals surface area contributed by atoms with Crippen LogP contribution in [0.15, 0.2) is 30.5 Å². The zero-order valence-electron chi connectivity index (χ0n) is 13.0. The smallest absolute Gasteiger partial charge is 0.247 e. The molecule has 2 heterocycles. The van der Waals surface area contributed by atoms with E-state index in [1.54, 1.807) is 6.20 Å². The Morgan fingerprint density at radius 1 is 1.18 bits per heavy atom. The highest BCUT2D eigenvalue weighted by molar-refractivity contribution is 5.61. The third kappa shape index (κ3) is 3.33. The van der Waals surface area contributed by atoms with Crippen LogP contribution in [0.2, 0.25) is 0 Å². The van der Waals surface area contributed by atoms with E-state index in [-0.39, 0.29) is 0 Å². The van der Waals surface area contributed by atoms with Gasteiger partial charge in [-0.3, -0.25) is 0 Å². The molecule has 0 unspecified atom stereocenters. The van der Waals surface area contributed by atoms with E-state index in [2.05, 4.69) is 57.4 Å². The number of ether oxygens (including phenoxy) is 1. The van der Waals surface area contributed by atoms with Gasteiger partial charge >= 0.3 is 0 Å². The van der Waals surface area contributed by atoms with Crippen molar-refractivity contribution in [3.05, 3.63) is 36.0 Å². The van der Waals surface area contributed by atoms with E-state index >= 15 is 0 Å². The second-order valence-electron chi connectivity index (χ2n) is 5.61. The largest absolute Gasteiger partial charge is 0.378 e. The summed E-state index contributed by atoms with van der Waals surface area (Å²) in [6, 6.07) is 8.26. The molecule has 1 N–H and O–H groups in total. The number of nitrogens with zero attached hydrogens (tertiary/aromatic N) is 4. The molecule has 6 nitrogen and oxygen atoms in total. The highest BCUT2D eigenvalue weighted by atomic mass is 16.5. The average molecular weight is 299 g/mol. The van der Waals surface area contributed by atoms with Crippen molar-refractivity contribution in [2.45, 2.75) is 19.8 Å². The van der Waals surface area contributed by atoms with Crippen molar-refractivity contribution in [1.29, 1.82) is 0 Å². The van der Waals surface area contributed by atoms with Gasteiger partial charge in [0.05, 0.1) is 19.4 Å². The molecular weight excluding hydrogens is 278 g/mol. The SMILES string of the molecule is CC(C)c1ccccc1Nc1cnnc(N2CCOCC2)n1. The highest BCUT2D eigenvalue weighted by Gasteiger charge is 2.15. The van der Waals surface area contributed by atoms with Gasteiger partial charge in [0, 0.05) is 18.8 Å². The van der Waals surface area contributed by atoms with Crippen molar-refractivity contribution in [2.24, 2.45) is 0 Å². The van der Waals surface area contributed by atoms with E-state index in [9.17, 15) is 0 Å². The number of hydrogen-bond donors (Lipinski definition) is 1. The Labute approximate surface area is 130 Å². The van der Waals surface area contributed by atoms with Gasteiger partial charge in [-0.1, -0.05) is 32.0 Å². The molecule has 1 saturated heterocycles. The van der Waals surface area contributed by atoms with Crippen LogP contribution < -0.4 is 10.2 Å². The summed E-state index contributed by atoms with van der Waals surface area (Å²) in [5, 5.41) is 11.6. The lowest BCUT2D eigenvalue weighted by Crippen LogP contribution is -2.37. The minimum Gasteiger partial charge on any atom is -0.378 e. The third-order valence-electron chi connectivity index (χ3n) is 3.69. The van der Waals surface area contributed by atoms with Gasteiger partial charge in [-0.25, -0.2) is 0 Å². The van der Waals surface area contributed by atoms with Crippen LogP contribution in [-0.2, 0) is 4.74 Å². The lowest BCUT2D eigenvalue weighted by Gasteiger charge is -2.26. The first-order valence-corrected chi connectivity index (χ1v) is 7.62. The van der Waals surface area contributed by atoms with Gasteiger partial charge in [-0.05, 0) is 17.5 Å². The predicted octanol–water partition coefficient (Wildman–Crippen LogP) is 2.58. The molecule has 0 radical (unpaired) electrons. The number of nitrogens with one attached hydrogen (secondary N) is 1. The molecule has 1 aliphatic rings. The Hall–Kier alpha value is -2.21. The summed E-state index contributed by atoms with van der Waals surface area (Å²) in [6.45, 7) is 7.37. The van der Waals surface area contributed by atoms with Gasteiger partial charge in [0.1, 0.15) is 0 Å². The Morgan fingerprint density at radius 2 is 1.95 bits per heavy atom. The molecule has 0 bridgehead atoms. The Bertz CT molecular complexity index is 625. The van der Waals surface area contributed by atoms with Gasteiger partial charge in [0.2, 0.25) is 5.95 Å². The second-order valence-corrected chi connectivity index (χ2v) is 5.61. The zero-order valence-corrected chi connectivity index (χ0v) is 13.0. The Balaban J connectivity index is 1.81. The van der Waals surface area contributed by atoms with Gasteiger partial charge in [-0.2, -0.15) is 10.1 Å². The maximum Gasteiger partial charge on any atom is 0.247 e. The Morgan fingerprint density at radius 3 is 2.73 bits per heavy atom. The molecule has 3 rings (SSSR count). The number of rotatable bonds is 4. The summed E-state index contributed by atoms with van der Waals surface area (Å²) in [7, 11) is 0. The molecule has 2 aromatic rings. The summed E-state index contributed by atoms with van der Waals surface area (Å²) in [5.41, 5.74) is 2.32. The molecule has 6 heteroatoms. The molecule has 0 aliphatic carbocycles. The van der Waals surface area contributed by atoms with Crippen LogP contribution in [0.5, 0.6) is 0 Å². The minimum atomic E-state index is 0.442. The zero-order chi connectivity index (χ0) is 15.4. The molecule has 0 spiro atoms. The average Bonchev–Trinajstić information content (AvgIpc) is 2.56. The molecular formula is C16H21N5O. The molecule has 1 aliphatic heterocycles. The Kier molecular flexibility index (Phi) is 4.48. The highest BCUT2D eigenvalue weighted by Crippen LogP contribution is 2.26. The van der Waals surface area contributed by atoms with Crippen LogP contribution >= 0.6 is 0 Å². The molecule has 1 fully saturated rings. The number of anilines is 3. The summed E-state index contributed by atoms with van der Waals surface area (Å²) in [4.78, 5) is 6.67. The summed E-state index contributed by atoms with van der Waals surface area (Å²) >= 11 is 0. The van der Waals surface area contributed by atoms with Crippen LogP contribution in [0.25, 0.3) is 0 Å². The molecule has 0 amide bonds. The van der Waals surface area contributed by atoms with Crippen LogP contribution in [0.4, 0.5) is 17.5 Å². The van der Waals surface area contributed by atoms with Crippen molar-refractivity contribution >= 4 is 17.5 Å². The third-order valence-corrected chi connectivity index (χ3v) is 3.69. The summed E-state index contributed by atoms with van der Waals surface area (Å²) in [5.74, 6) is 1.80. The van der Waals surface area contributed by atoms with Crippen molar-refractivity contribution in [3.8, 4) is 0 Å². The normalized spacial score (nSPS) is 15.1. The monoisotopic (exact) mass is 299 g/mol. The lowest BCUT2D eigenvalue weighted by atomic mass is 10.0. The van der Waals surface area contributed by atoms with Crippen molar-refractivity contribution in [3.63, 3.8) is 0 Å². The first-order chi connectivity index (χ1) is 10.7. The van der Waals surface area contributed by atoms with E-state index in [1.165, 1.54) is 5.56 Å². The van der Waals surface area contributed by atoms with Crippen molar-refractivity contribution in [1.82, 2.24) is 15.2 Å². The second kappa shape index (κ2) is 6.70. The quantitative estimate of drug-likeness (QED) is 0.936. The van der Waals surface area contributed by atoms with Gasteiger partial charge in [-0.15, -0.1) is 5.10 Å². The van der Waals surface area contributed by atoms with Crippen LogP contribution in [0.3, 0.4) is 0 Å². The molecule has 0 saturated carbocycles. The number of aromatic nitrogens is 3. The molecule has 0 atom stereocenters. The number of hydrogen-bond acceptors (Lipinski definition) is 6. The molecule has 1 aromatic carbocycles. The van der Waals surface area contributed by atoms with E-state index in [1.807, 2.05) is 6.07 Å². The fourth-order valence-electron chi connectivity index (χ4n) is 2.50. The standard InChI is InChI=1S/C16H21N5O/c1-12(2)13-5-3-4-6-14(13)18-15-11-17-20-16(19-15)21-7-9-22-10-8-21/h3-6,11-12H,7-10H2,1-2H3,(H,18,19,20). The van der Waals surface area contributed by atoms with Crippen molar-refractivity contribution in [2.75, 3.05) is 36.5 Å². The first-order valence-electron chi connectivity index (χ1n) is 7.62. The maximum atomic E-state index is 5.36. The minimum absolute atomic E-state index is 0.442. The number of para-hydroxylation sites is 1. The van der Waals surface area contributed by atoms with E-state index in [0.717, 1.165) is 18.8 Å². The predicted molar refractivity (Wildman–Crippen MR) is 86.7 cm³/mol. The lowest BCUT2D eigenvalue weighted by molar-refractivity contribution is 0.122.